The molecule has 0 spiro atoms. The van der Waals surface area contributed by atoms with Gasteiger partial charge in [-0.25, -0.2) is 16.8 Å². The summed E-state index contributed by atoms with van der Waals surface area (Å²) in [5.41, 5.74) is 0.199. The van der Waals surface area contributed by atoms with E-state index in [1.54, 1.807) is 48.5 Å². The minimum atomic E-state index is -5.17. The van der Waals surface area contributed by atoms with Crippen molar-refractivity contribution in [2.75, 3.05) is 10.6 Å². The van der Waals surface area contributed by atoms with Crippen LogP contribution in [-0.4, -0.2) is 37.8 Å². The number of amides is 2. The van der Waals surface area contributed by atoms with E-state index in [9.17, 15) is 46.0 Å². The van der Waals surface area contributed by atoms with Crippen LogP contribution in [0.4, 0.5) is 11.4 Å². The molecule has 2 amide bonds. The van der Waals surface area contributed by atoms with Crippen LogP contribution in [0.1, 0.15) is 20.7 Å². The first-order valence-electron chi connectivity index (χ1n) is 14.2. The summed E-state index contributed by atoms with van der Waals surface area (Å²) < 4.78 is 79.3. The molecule has 6 rings (SSSR count). The number of fused-ring (bicyclic) bond motifs is 3. The van der Waals surface area contributed by atoms with Gasteiger partial charge in [-0.05, 0) is 105 Å². The van der Waals surface area contributed by atoms with E-state index < -0.39 is 41.8 Å². The number of anilines is 2. The van der Waals surface area contributed by atoms with Crippen LogP contribution in [0.2, 0.25) is 0 Å². The Kier molecular flexibility index (Phi) is 20.4. The van der Waals surface area contributed by atoms with Crippen molar-refractivity contribution in [3.63, 3.8) is 0 Å². The third-order valence-electron chi connectivity index (χ3n) is 7.55. The summed E-state index contributed by atoms with van der Waals surface area (Å²) in [4.78, 5) is 25.9. The number of carbonyl (C=O) groups excluding carboxylic acids is 2. The van der Waals surface area contributed by atoms with Crippen molar-refractivity contribution in [3.05, 3.63) is 108 Å². The molecule has 56 heavy (non-hydrogen) atoms. The first-order valence-corrected chi connectivity index (χ1v) is 18.5. The molecule has 0 aliphatic heterocycles. The Morgan fingerprint density at radius 2 is 1.00 bits per heavy atom. The zero-order valence-electron chi connectivity index (χ0n) is 29.6. The molecule has 0 unspecified atom stereocenters. The second-order valence-electron chi connectivity index (χ2n) is 10.7. The maximum Gasteiger partial charge on any atom is 1.00 e. The Bertz CT molecular complexity index is 2640. The topological polar surface area (TPSA) is 256 Å². The summed E-state index contributed by atoms with van der Waals surface area (Å²) in [6, 6.07) is 22.5. The number of nitrogens with one attached hydrogen (secondary N) is 2. The minimum absolute atomic E-state index is 0. The number of hydrogen-bond donors (Lipinski definition) is 2. The van der Waals surface area contributed by atoms with Gasteiger partial charge in [0.25, 0.3) is 11.8 Å². The van der Waals surface area contributed by atoms with Crippen LogP contribution in [0.3, 0.4) is 0 Å². The Labute approximate surface area is 415 Å². The van der Waals surface area contributed by atoms with Crippen LogP contribution < -0.4 is 139 Å². The van der Waals surface area contributed by atoms with E-state index in [1.165, 1.54) is 30.3 Å². The fourth-order valence-electron chi connectivity index (χ4n) is 5.21. The molecular weight excluding hydrogens is 857 g/mol. The van der Waals surface area contributed by atoms with Crippen molar-refractivity contribution in [1.29, 1.82) is 0 Å². The molecule has 0 saturated heterocycles. The quantitative estimate of drug-likeness (QED) is 0.0381. The van der Waals surface area contributed by atoms with Gasteiger partial charge in [0, 0.05) is 16.0 Å². The van der Waals surface area contributed by atoms with Gasteiger partial charge in [0.15, 0.2) is 0 Å². The van der Waals surface area contributed by atoms with Gasteiger partial charge in [0.1, 0.15) is 20.2 Å². The van der Waals surface area contributed by atoms with Crippen LogP contribution in [0.5, 0.6) is 0 Å². The number of benzene rings is 6. The summed E-state index contributed by atoms with van der Waals surface area (Å²) in [6.07, 6.45) is 0. The number of hydrogen-bond acceptors (Lipinski definition) is 16. The van der Waals surface area contributed by atoms with E-state index in [0.29, 0.717) is 55.4 Å². The van der Waals surface area contributed by atoms with Crippen molar-refractivity contribution in [1.82, 2.24) is 0 Å². The van der Waals surface area contributed by atoms with Gasteiger partial charge in [-0.15, -0.1) is 0 Å². The average molecular weight is 875 g/mol. The summed E-state index contributed by atoms with van der Waals surface area (Å²) in [5.74, 6) is -1.32. The van der Waals surface area contributed by atoms with Gasteiger partial charge in [-0.3, -0.25) is 19.7 Å². The van der Waals surface area contributed by atoms with Gasteiger partial charge < -0.3 is 30.3 Å². The van der Waals surface area contributed by atoms with E-state index in [1.807, 2.05) is 0 Å². The summed E-state index contributed by atoms with van der Waals surface area (Å²) in [7, 11) is -10.0. The van der Waals surface area contributed by atoms with Crippen molar-refractivity contribution in [2.24, 2.45) is 0 Å². The van der Waals surface area contributed by atoms with Crippen molar-refractivity contribution in [3.8, 4) is 0 Å². The van der Waals surface area contributed by atoms with E-state index in [0.717, 1.165) is 18.2 Å². The van der Waals surface area contributed by atoms with E-state index in [2.05, 4.69) is 29.4 Å². The van der Waals surface area contributed by atoms with Crippen LogP contribution in [0.25, 0.3) is 32.3 Å². The Morgan fingerprint density at radius 3 is 1.55 bits per heavy atom. The standard InChI is InChI=1S/C32H22N2O14S4.4Na/c35-31(33-27-13-19-5-7-25(49-47-45-37)11-23(19)15-29(27)50-48-46-38)21-3-1-18-10-22(4-2-17(18)9-21)32(36)34-28-14-20-6-8-26(51(39,40)41)12-24(20)16-30(28)52(42,43)44;;;;/h1-16,37-38H,(H,33,35)(H,34,36)(H,39,40,41)(H,42,43,44);;;;/q;4*+1/p-4. The molecule has 0 radical (unpaired) electrons. The normalized spacial score (nSPS) is 11.1. The third kappa shape index (κ3) is 12.7. The number of rotatable bonds is 12. The smallest absolute Gasteiger partial charge is 0.744 e. The molecule has 0 bridgehead atoms. The first kappa shape index (κ1) is 51.5. The fourth-order valence-corrected chi connectivity index (χ4v) is 7.25. The average Bonchev–Trinajstić information content (AvgIpc) is 3.11. The van der Waals surface area contributed by atoms with Gasteiger partial charge in [0.05, 0.1) is 50.1 Å². The Morgan fingerprint density at radius 1 is 0.518 bits per heavy atom. The van der Waals surface area contributed by atoms with Gasteiger partial charge in [0.2, 0.25) is 0 Å². The molecule has 268 valence electrons. The molecule has 0 aliphatic carbocycles. The van der Waals surface area contributed by atoms with Crippen LogP contribution in [0.15, 0.2) is 117 Å². The molecule has 24 heteroatoms. The maximum absolute atomic E-state index is 13.3. The van der Waals surface area contributed by atoms with Gasteiger partial charge >= 0.3 is 118 Å². The van der Waals surface area contributed by atoms with E-state index in [4.69, 9.17) is 0 Å². The first-order chi connectivity index (χ1) is 24.7. The molecule has 0 atom stereocenters. The molecule has 16 nitrogen and oxygen atoms in total. The molecule has 2 N–H and O–H groups in total. The second kappa shape index (κ2) is 22.2. The Balaban J connectivity index is 0.00000271. The molecule has 6 aromatic carbocycles. The molecule has 0 aromatic heterocycles. The van der Waals surface area contributed by atoms with Crippen LogP contribution >= 0.6 is 24.1 Å². The predicted octanol–water partition coefficient (Wildman–Crippen LogP) is -8.06. The maximum atomic E-state index is 13.3. The van der Waals surface area contributed by atoms with E-state index in [-0.39, 0.29) is 152 Å². The van der Waals surface area contributed by atoms with Crippen LogP contribution in [-0.2, 0) is 39.0 Å². The van der Waals surface area contributed by atoms with Gasteiger partial charge in [-0.2, -0.15) is 8.67 Å². The minimum Gasteiger partial charge on any atom is -0.744 e. The zero-order chi connectivity index (χ0) is 37.2. The molecule has 0 heterocycles. The molecular formula is C32H18N2Na4O14S4. The van der Waals surface area contributed by atoms with E-state index >= 15 is 0 Å². The summed E-state index contributed by atoms with van der Waals surface area (Å²) >= 11 is 1.23. The monoisotopic (exact) mass is 874 g/mol. The molecule has 0 aliphatic rings. The SMILES string of the molecule is O=C(Nc1cc2ccc(SOO[O-])cc2cc1SOO[O-])c1ccc2cc(C(=O)Nc3cc4ccc(S(=O)(=O)[O-])cc4cc3S(=O)(=O)[O-])ccc2c1.[Na+].[Na+].[Na+].[Na+]. The fraction of sp³-hybridized carbons (Fsp3) is 0. The van der Waals surface area contributed by atoms with Crippen molar-refractivity contribution < 1.29 is 183 Å². The Hall–Kier alpha value is -0.680. The molecule has 0 saturated carbocycles. The van der Waals surface area contributed by atoms with Crippen LogP contribution in [0, 0.1) is 0 Å². The largest absolute Gasteiger partial charge is 1.00 e. The third-order valence-corrected chi connectivity index (χ3v) is 10.5. The van der Waals surface area contributed by atoms with Crippen molar-refractivity contribution >= 4 is 99.8 Å². The van der Waals surface area contributed by atoms with Crippen molar-refractivity contribution in [2.45, 2.75) is 19.6 Å². The summed E-state index contributed by atoms with van der Waals surface area (Å²) in [6.45, 7) is 0. The molecule has 6 aromatic rings. The predicted molar refractivity (Wildman–Crippen MR) is 180 cm³/mol. The second-order valence-corrected chi connectivity index (χ2v) is 15.0. The van der Waals surface area contributed by atoms with Gasteiger partial charge in [-0.1, -0.05) is 24.3 Å². The number of carbonyl (C=O) groups is 2. The zero-order valence-corrected chi connectivity index (χ0v) is 40.9. The summed E-state index contributed by atoms with van der Waals surface area (Å²) in [5, 5.41) is 35.3. The molecule has 0 fully saturated rings.